The Morgan fingerprint density at radius 2 is 2.42 bits per heavy atom. The average molecular weight is 260 g/mol. The topological polar surface area (TPSA) is 57.3 Å². The maximum Gasteiger partial charge on any atom is 0.167 e. The Morgan fingerprint density at radius 3 is 3.16 bits per heavy atom. The number of aromatic nitrogens is 2. The second kappa shape index (κ2) is 5.01. The molecule has 5 nitrogen and oxygen atoms in total. The third-order valence-electron chi connectivity index (χ3n) is 3.22. The minimum absolute atomic E-state index is 0.260. The molecule has 100 valence electrons. The van der Waals surface area contributed by atoms with E-state index in [4.69, 9.17) is 9.26 Å². The molecule has 19 heavy (non-hydrogen) atoms. The number of hydrogen-bond acceptors (Lipinski definition) is 4. The average Bonchev–Trinajstić information content (AvgIpc) is 3.00. The van der Waals surface area contributed by atoms with Crippen LogP contribution in [0.25, 0.3) is 0 Å². The zero-order valence-corrected chi connectivity index (χ0v) is 10.8. The van der Waals surface area contributed by atoms with Crippen molar-refractivity contribution in [2.75, 3.05) is 7.11 Å². The van der Waals surface area contributed by atoms with Gasteiger partial charge in [-0.1, -0.05) is 5.16 Å². The summed E-state index contributed by atoms with van der Waals surface area (Å²) in [6.07, 6.45) is 5.85. The molecule has 2 aromatic rings. The third-order valence-corrected chi connectivity index (χ3v) is 3.22. The number of methoxy groups -OCH3 is 1. The van der Waals surface area contributed by atoms with Gasteiger partial charge in [0, 0.05) is 37.1 Å². The summed E-state index contributed by atoms with van der Waals surface area (Å²) in [5, 5.41) is 3.97. The molecule has 0 aliphatic heterocycles. The standard InChI is InChI=1S/C14H16N2O3/c1-18-9-13-6-12(15-19-13)8-16-5-4-11(7-16)14(17)10-2-3-10/h4-7,10H,2-3,8-9H2,1H3. The Labute approximate surface area is 111 Å². The van der Waals surface area contributed by atoms with E-state index in [0.717, 1.165) is 24.1 Å². The molecular formula is C14H16N2O3. The molecule has 0 amide bonds. The van der Waals surface area contributed by atoms with Crippen LogP contribution in [0, 0.1) is 5.92 Å². The van der Waals surface area contributed by atoms with Crippen molar-refractivity contribution in [2.24, 2.45) is 5.92 Å². The first-order chi connectivity index (χ1) is 9.26. The van der Waals surface area contributed by atoms with Crippen molar-refractivity contribution < 1.29 is 14.1 Å². The molecule has 0 radical (unpaired) electrons. The van der Waals surface area contributed by atoms with Gasteiger partial charge in [-0.15, -0.1) is 0 Å². The highest BCUT2D eigenvalue weighted by Crippen LogP contribution is 2.32. The van der Waals surface area contributed by atoms with Crippen molar-refractivity contribution in [3.8, 4) is 0 Å². The van der Waals surface area contributed by atoms with E-state index < -0.39 is 0 Å². The number of carbonyl (C=O) groups is 1. The monoisotopic (exact) mass is 260 g/mol. The normalized spacial score (nSPS) is 14.8. The van der Waals surface area contributed by atoms with Crippen molar-refractivity contribution >= 4 is 5.78 Å². The molecule has 5 heteroatoms. The molecule has 2 heterocycles. The lowest BCUT2D eigenvalue weighted by Crippen LogP contribution is -2.01. The van der Waals surface area contributed by atoms with E-state index in [2.05, 4.69) is 5.16 Å². The molecule has 1 aliphatic rings. The predicted octanol–water partition coefficient (Wildman–Crippen LogP) is 2.26. The van der Waals surface area contributed by atoms with Gasteiger partial charge in [-0.25, -0.2) is 0 Å². The predicted molar refractivity (Wildman–Crippen MR) is 67.8 cm³/mol. The van der Waals surface area contributed by atoms with Gasteiger partial charge in [0.2, 0.25) is 0 Å². The van der Waals surface area contributed by atoms with Gasteiger partial charge < -0.3 is 13.8 Å². The Hall–Kier alpha value is -1.88. The molecule has 0 atom stereocenters. The van der Waals surface area contributed by atoms with E-state index in [1.54, 1.807) is 7.11 Å². The number of Topliss-reactive ketones (excluding diaryl/α,β-unsaturated/α-hetero) is 1. The van der Waals surface area contributed by atoms with Crippen LogP contribution in [0.1, 0.15) is 34.7 Å². The lowest BCUT2D eigenvalue weighted by molar-refractivity contribution is 0.0967. The van der Waals surface area contributed by atoms with Crippen LogP contribution >= 0.6 is 0 Å². The number of nitrogens with zero attached hydrogens (tertiary/aromatic N) is 2. The van der Waals surface area contributed by atoms with E-state index in [0.29, 0.717) is 18.9 Å². The molecule has 0 spiro atoms. The van der Waals surface area contributed by atoms with E-state index in [1.807, 2.05) is 29.1 Å². The molecule has 2 aromatic heterocycles. The first-order valence-electron chi connectivity index (χ1n) is 6.39. The highest BCUT2D eigenvalue weighted by Gasteiger charge is 2.30. The van der Waals surface area contributed by atoms with Crippen molar-refractivity contribution in [2.45, 2.75) is 26.0 Å². The summed E-state index contributed by atoms with van der Waals surface area (Å²) in [6.45, 7) is 1.02. The first-order valence-corrected chi connectivity index (χ1v) is 6.39. The minimum Gasteiger partial charge on any atom is -0.377 e. The Bertz CT molecular complexity index is 581. The zero-order valence-electron chi connectivity index (χ0n) is 10.8. The summed E-state index contributed by atoms with van der Waals surface area (Å²) in [5.74, 6) is 1.23. The van der Waals surface area contributed by atoms with Crippen molar-refractivity contribution in [3.63, 3.8) is 0 Å². The maximum atomic E-state index is 11.9. The lowest BCUT2D eigenvalue weighted by Gasteiger charge is -1.97. The summed E-state index contributed by atoms with van der Waals surface area (Å²) >= 11 is 0. The third kappa shape index (κ3) is 2.76. The maximum absolute atomic E-state index is 11.9. The van der Waals surface area contributed by atoms with E-state index >= 15 is 0 Å². The Balaban J connectivity index is 1.67. The lowest BCUT2D eigenvalue weighted by atomic mass is 10.1. The van der Waals surface area contributed by atoms with Gasteiger partial charge in [0.05, 0.1) is 6.54 Å². The van der Waals surface area contributed by atoms with Gasteiger partial charge in [-0.3, -0.25) is 4.79 Å². The van der Waals surface area contributed by atoms with Crippen LogP contribution in [0.3, 0.4) is 0 Å². The van der Waals surface area contributed by atoms with Crippen molar-refractivity contribution in [1.82, 2.24) is 9.72 Å². The van der Waals surface area contributed by atoms with Crippen molar-refractivity contribution in [3.05, 3.63) is 41.5 Å². The summed E-state index contributed by atoms with van der Waals surface area (Å²) in [5.41, 5.74) is 1.62. The van der Waals surface area contributed by atoms with Crippen LogP contribution in [0.4, 0.5) is 0 Å². The molecule has 1 saturated carbocycles. The quantitative estimate of drug-likeness (QED) is 0.747. The summed E-state index contributed by atoms with van der Waals surface area (Å²) in [7, 11) is 1.61. The molecular weight excluding hydrogens is 244 g/mol. The van der Waals surface area contributed by atoms with E-state index in [1.165, 1.54) is 0 Å². The number of carbonyl (C=O) groups excluding carboxylic acids is 1. The van der Waals surface area contributed by atoms with Gasteiger partial charge >= 0.3 is 0 Å². The molecule has 0 saturated heterocycles. The second-order valence-electron chi connectivity index (χ2n) is 4.93. The van der Waals surface area contributed by atoms with Crippen molar-refractivity contribution in [1.29, 1.82) is 0 Å². The number of ether oxygens (including phenoxy) is 1. The van der Waals surface area contributed by atoms with Crippen LogP contribution in [-0.2, 0) is 17.9 Å². The SMILES string of the molecule is COCc1cc(Cn2ccc(C(=O)C3CC3)c2)no1. The number of hydrogen-bond donors (Lipinski definition) is 0. The Morgan fingerprint density at radius 1 is 1.58 bits per heavy atom. The van der Waals surface area contributed by atoms with Gasteiger partial charge in [0.1, 0.15) is 12.3 Å². The molecule has 1 fully saturated rings. The number of rotatable bonds is 6. The fraction of sp³-hybridized carbons (Fsp3) is 0.429. The van der Waals surface area contributed by atoms with Crippen LogP contribution in [0.5, 0.6) is 0 Å². The molecule has 0 N–H and O–H groups in total. The van der Waals surface area contributed by atoms with Gasteiger partial charge in [-0.2, -0.15) is 0 Å². The van der Waals surface area contributed by atoms with Gasteiger partial charge in [0.15, 0.2) is 11.5 Å². The van der Waals surface area contributed by atoms with Gasteiger partial charge in [0.25, 0.3) is 0 Å². The van der Waals surface area contributed by atoms with Gasteiger partial charge in [-0.05, 0) is 18.9 Å². The Kier molecular flexibility index (Phi) is 3.21. The molecule has 0 aromatic carbocycles. The van der Waals surface area contributed by atoms with Crippen LogP contribution in [-0.4, -0.2) is 22.6 Å². The minimum atomic E-state index is 0.260. The summed E-state index contributed by atoms with van der Waals surface area (Å²) in [6, 6.07) is 3.74. The van der Waals surface area contributed by atoms with Crippen LogP contribution in [0.15, 0.2) is 29.0 Å². The fourth-order valence-corrected chi connectivity index (χ4v) is 2.09. The summed E-state index contributed by atoms with van der Waals surface area (Å²) in [4.78, 5) is 11.9. The van der Waals surface area contributed by atoms with Crippen LogP contribution < -0.4 is 0 Å². The smallest absolute Gasteiger partial charge is 0.167 e. The highest BCUT2D eigenvalue weighted by molar-refractivity contribution is 5.99. The molecule has 1 aliphatic carbocycles. The fourth-order valence-electron chi connectivity index (χ4n) is 2.09. The second-order valence-corrected chi connectivity index (χ2v) is 4.93. The highest BCUT2D eigenvalue weighted by atomic mass is 16.5. The van der Waals surface area contributed by atoms with Crippen LogP contribution in [0.2, 0.25) is 0 Å². The molecule has 0 unspecified atom stereocenters. The van der Waals surface area contributed by atoms with E-state index in [-0.39, 0.29) is 11.7 Å². The van der Waals surface area contributed by atoms with E-state index in [9.17, 15) is 4.79 Å². The molecule has 0 bridgehead atoms. The number of ketones is 1. The molecule has 3 rings (SSSR count). The summed E-state index contributed by atoms with van der Waals surface area (Å²) < 4.78 is 12.0. The zero-order chi connectivity index (χ0) is 13.2. The largest absolute Gasteiger partial charge is 0.377 e. The first kappa shape index (κ1) is 12.2.